The molecule has 4 N–H and O–H groups in total. The highest BCUT2D eigenvalue weighted by atomic mass is 16.3. The monoisotopic (exact) mass is 418 g/mol. The standard InChI is InChI=1S/C24H26N4O3/c1-15-11-18(5-6-22(15)29)21-13-20(27-24(31)28-21)17-3-2-4-19(12-17)23(30)26-14-16-7-9-25-10-8-16/h2-6,11-13,16,25,29H,7-10,14H2,1H3,(H,26,30)(H,27,28,31). The van der Waals surface area contributed by atoms with Crippen LogP contribution in [-0.4, -0.2) is 40.6 Å². The second-order valence-electron chi connectivity index (χ2n) is 7.97. The second kappa shape index (κ2) is 9.14. The summed E-state index contributed by atoms with van der Waals surface area (Å²) in [5.41, 5.74) is 3.32. The number of aromatic hydroxyl groups is 1. The van der Waals surface area contributed by atoms with E-state index < -0.39 is 5.69 Å². The molecule has 3 aromatic rings. The number of phenolic OH excluding ortho intramolecular Hbond substituents is 1. The summed E-state index contributed by atoms with van der Waals surface area (Å²) >= 11 is 0. The molecular weight excluding hydrogens is 392 g/mol. The zero-order valence-electron chi connectivity index (χ0n) is 17.4. The third-order valence-corrected chi connectivity index (χ3v) is 5.68. The predicted molar refractivity (Wildman–Crippen MR) is 120 cm³/mol. The Balaban J connectivity index is 1.57. The SMILES string of the molecule is Cc1cc(-c2cc(-c3cccc(C(=O)NCC4CCNCC4)c3)nc(=O)[nH]2)ccc1O. The number of aromatic amines is 1. The Morgan fingerprint density at radius 2 is 1.94 bits per heavy atom. The van der Waals surface area contributed by atoms with E-state index in [0.29, 0.717) is 40.5 Å². The molecular formula is C24H26N4O3. The van der Waals surface area contributed by atoms with Gasteiger partial charge in [-0.05, 0) is 86.3 Å². The molecule has 2 heterocycles. The number of phenols is 1. The average Bonchev–Trinajstić information content (AvgIpc) is 2.79. The number of nitrogens with zero attached hydrogens (tertiary/aromatic N) is 1. The van der Waals surface area contributed by atoms with E-state index in [2.05, 4.69) is 20.6 Å². The Morgan fingerprint density at radius 3 is 2.71 bits per heavy atom. The average molecular weight is 418 g/mol. The molecule has 0 radical (unpaired) electrons. The van der Waals surface area contributed by atoms with E-state index in [1.807, 2.05) is 6.07 Å². The molecule has 1 saturated heterocycles. The number of rotatable bonds is 5. The summed E-state index contributed by atoms with van der Waals surface area (Å²) in [7, 11) is 0. The van der Waals surface area contributed by atoms with E-state index in [1.165, 1.54) is 0 Å². The second-order valence-corrected chi connectivity index (χ2v) is 7.97. The van der Waals surface area contributed by atoms with Crippen molar-refractivity contribution in [1.82, 2.24) is 20.6 Å². The third-order valence-electron chi connectivity index (χ3n) is 5.68. The summed E-state index contributed by atoms with van der Waals surface area (Å²) in [5.74, 6) is 0.572. The van der Waals surface area contributed by atoms with Gasteiger partial charge in [-0.2, -0.15) is 4.98 Å². The minimum atomic E-state index is -0.473. The largest absolute Gasteiger partial charge is 0.508 e. The van der Waals surface area contributed by atoms with Crippen molar-refractivity contribution in [2.75, 3.05) is 19.6 Å². The third kappa shape index (κ3) is 5.00. The predicted octanol–water partition coefficient (Wildman–Crippen LogP) is 2.85. The number of aryl methyl sites for hydroxylation is 1. The van der Waals surface area contributed by atoms with Gasteiger partial charge in [0.25, 0.3) is 5.91 Å². The van der Waals surface area contributed by atoms with Gasteiger partial charge in [-0.25, -0.2) is 4.79 Å². The lowest BCUT2D eigenvalue weighted by Crippen LogP contribution is -2.35. The van der Waals surface area contributed by atoms with Crippen LogP contribution in [0.5, 0.6) is 5.75 Å². The van der Waals surface area contributed by atoms with Gasteiger partial charge >= 0.3 is 5.69 Å². The van der Waals surface area contributed by atoms with Crippen LogP contribution in [0.15, 0.2) is 53.3 Å². The number of benzene rings is 2. The number of carbonyl (C=O) groups is 1. The lowest BCUT2D eigenvalue weighted by molar-refractivity contribution is 0.0944. The van der Waals surface area contributed by atoms with E-state index in [4.69, 9.17) is 0 Å². The number of H-pyrrole nitrogens is 1. The van der Waals surface area contributed by atoms with Crippen LogP contribution in [0.4, 0.5) is 0 Å². The molecule has 0 spiro atoms. The zero-order chi connectivity index (χ0) is 21.8. The fourth-order valence-corrected chi connectivity index (χ4v) is 3.83. The minimum absolute atomic E-state index is 0.125. The van der Waals surface area contributed by atoms with Crippen molar-refractivity contribution in [1.29, 1.82) is 0 Å². The number of hydrogen-bond acceptors (Lipinski definition) is 5. The number of aromatic nitrogens is 2. The first-order valence-electron chi connectivity index (χ1n) is 10.5. The van der Waals surface area contributed by atoms with Gasteiger partial charge in [0.2, 0.25) is 0 Å². The molecule has 1 aromatic heterocycles. The first-order chi connectivity index (χ1) is 15.0. The highest BCUT2D eigenvalue weighted by Gasteiger charge is 2.15. The van der Waals surface area contributed by atoms with Crippen molar-refractivity contribution < 1.29 is 9.90 Å². The molecule has 160 valence electrons. The fourth-order valence-electron chi connectivity index (χ4n) is 3.83. The summed E-state index contributed by atoms with van der Waals surface area (Å²) in [4.78, 5) is 31.7. The van der Waals surface area contributed by atoms with Crippen molar-refractivity contribution in [3.63, 3.8) is 0 Å². The van der Waals surface area contributed by atoms with Gasteiger partial charge in [-0.15, -0.1) is 0 Å². The van der Waals surface area contributed by atoms with Crippen LogP contribution in [-0.2, 0) is 0 Å². The molecule has 0 bridgehead atoms. The molecule has 1 aliphatic rings. The number of piperidine rings is 1. The Morgan fingerprint density at radius 1 is 1.13 bits per heavy atom. The van der Waals surface area contributed by atoms with Crippen molar-refractivity contribution >= 4 is 5.91 Å². The number of carbonyl (C=O) groups excluding carboxylic acids is 1. The Hall–Kier alpha value is -3.45. The van der Waals surface area contributed by atoms with Crippen LogP contribution >= 0.6 is 0 Å². The maximum absolute atomic E-state index is 12.7. The van der Waals surface area contributed by atoms with Crippen molar-refractivity contribution in [3.05, 3.63) is 70.1 Å². The van der Waals surface area contributed by atoms with Crippen molar-refractivity contribution in [3.8, 4) is 28.3 Å². The molecule has 1 amide bonds. The lowest BCUT2D eigenvalue weighted by atomic mass is 9.98. The van der Waals surface area contributed by atoms with E-state index in [-0.39, 0.29) is 11.7 Å². The van der Waals surface area contributed by atoms with Gasteiger partial charge < -0.3 is 20.7 Å². The number of hydrogen-bond donors (Lipinski definition) is 4. The Kier molecular flexibility index (Phi) is 6.13. The van der Waals surface area contributed by atoms with Gasteiger partial charge in [0.1, 0.15) is 5.75 Å². The van der Waals surface area contributed by atoms with Gasteiger partial charge in [-0.1, -0.05) is 12.1 Å². The van der Waals surface area contributed by atoms with E-state index in [1.54, 1.807) is 49.4 Å². The van der Waals surface area contributed by atoms with Crippen molar-refractivity contribution in [2.45, 2.75) is 19.8 Å². The van der Waals surface area contributed by atoms with Crippen LogP contribution in [0.3, 0.4) is 0 Å². The van der Waals surface area contributed by atoms with Crippen LogP contribution in [0.2, 0.25) is 0 Å². The first-order valence-corrected chi connectivity index (χ1v) is 10.5. The maximum atomic E-state index is 12.7. The number of nitrogens with one attached hydrogen (secondary N) is 3. The topological polar surface area (TPSA) is 107 Å². The molecule has 2 aromatic carbocycles. The van der Waals surface area contributed by atoms with Gasteiger partial charge in [0.15, 0.2) is 0 Å². The van der Waals surface area contributed by atoms with Crippen LogP contribution in [0, 0.1) is 12.8 Å². The molecule has 0 saturated carbocycles. The van der Waals surface area contributed by atoms with E-state index in [9.17, 15) is 14.7 Å². The Bertz CT molecular complexity index is 1150. The summed E-state index contributed by atoms with van der Waals surface area (Å²) in [6, 6.07) is 14.1. The summed E-state index contributed by atoms with van der Waals surface area (Å²) in [5, 5.41) is 16.1. The molecule has 7 heteroatoms. The normalized spacial score (nSPS) is 14.4. The zero-order valence-corrected chi connectivity index (χ0v) is 17.4. The molecule has 0 aliphatic carbocycles. The van der Waals surface area contributed by atoms with Crippen LogP contribution in [0.25, 0.3) is 22.5 Å². The van der Waals surface area contributed by atoms with E-state index in [0.717, 1.165) is 31.5 Å². The molecule has 0 atom stereocenters. The molecule has 4 rings (SSSR count). The minimum Gasteiger partial charge on any atom is -0.508 e. The van der Waals surface area contributed by atoms with E-state index >= 15 is 0 Å². The maximum Gasteiger partial charge on any atom is 0.345 e. The summed E-state index contributed by atoms with van der Waals surface area (Å²) in [6.45, 7) is 4.45. The smallest absolute Gasteiger partial charge is 0.345 e. The highest BCUT2D eigenvalue weighted by molar-refractivity contribution is 5.95. The lowest BCUT2D eigenvalue weighted by Gasteiger charge is -2.22. The molecule has 31 heavy (non-hydrogen) atoms. The van der Waals surface area contributed by atoms with Gasteiger partial charge in [0, 0.05) is 17.7 Å². The quantitative estimate of drug-likeness (QED) is 0.510. The van der Waals surface area contributed by atoms with Crippen molar-refractivity contribution in [2.24, 2.45) is 5.92 Å². The molecule has 1 fully saturated rings. The first kappa shape index (κ1) is 20.8. The molecule has 7 nitrogen and oxygen atoms in total. The highest BCUT2D eigenvalue weighted by Crippen LogP contribution is 2.26. The van der Waals surface area contributed by atoms with Crippen LogP contribution in [0.1, 0.15) is 28.8 Å². The summed E-state index contributed by atoms with van der Waals surface area (Å²) in [6.07, 6.45) is 2.13. The molecule has 1 aliphatic heterocycles. The van der Waals surface area contributed by atoms with Gasteiger partial charge in [-0.3, -0.25) is 4.79 Å². The van der Waals surface area contributed by atoms with Crippen LogP contribution < -0.4 is 16.3 Å². The Labute approximate surface area is 180 Å². The van der Waals surface area contributed by atoms with Gasteiger partial charge in [0.05, 0.1) is 11.4 Å². The molecule has 0 unspecified atom stereocenters. The number of amides is 1. The summed E-state index contributed by atoms with van der Waals surface area (Å²) < 4.78 is 0. The fraction of sp³-hybridized carbons (Fsp3) is 0.292.